The lowest BCUT2D eigenvalue weighted by molar-refractivity contribution is -0.139. The molecule has 3 aromatic carbocycles. The Morgan fingerprint density at radius 1 is 0.710 bits per heavy atom. The van der Waals surface area contributed by atoms with Crippen LogP contribution < -0.4 is 9.44 Å². The van der Waals surface area contributed by atoms with Gasteiger partial charge in [0.2, 0.25) is 0 Å². The minimum atomic E-state index is -4.89. The number of hydrogen-bond donors (Lipinski definition) is 2. The Morgan fingerprint density at radius 2 is 1.32 bits per heavy atom. The molecule has 3 aromatic rings. The fourth-order valence-electron chi connectivity index (χ4n) is 2.60. The maximum Gasteiger partial charge on any atom is 0.417 e. The van der Waals surface area contributed by atoms with E-state index in [1.807, 2.05) is 4.72 Å². The highest BCUT2D eigenvalue weighted by Crippen LogP contribution is 2.34. The van der Waals surface area contributed by atoms with Gasteiger partial charge < -0.3 is 0 Å². The van der Waals surface area contributed by atoms with Crippen LogP contribution in [-0.2, 0) is 26.2 Å². The zero-order valence-corrected chi connectivity index (χ0v) is 17.8. The van der Waals surface area contributed by atoms with Gasteiger partial charge in [0.25, 0.3) is 20.0 Å². The molecule has 0 unspecified atom stereocenters. The number of halogens is 4. The van der Waals surface area contributed by atoms with Crippen LogP contribution in [0.15, 0.2) is 82.6 Å². The van der Waals surface area contributed by atoms with Crippen LogP contribution >= 0.6 is 11.6 Å². The molecule has 0 aliphatic rings. The van der Waals surface area contributed by atoms with E-state index in [-0.39, 0.29) is 16.3 Å². The zero-order chi connectivity index (χ0) is 22.9. The lowest BCUT2D eigenvalue weighted by Crippen LogP contribution is -2.19. The van der Waals surface area contributed by atoms with Gasteiger partial charge >= 0.3 is 6.18 Å². The van der Waals surface area contributed by atoms with Crippen molar-refractivity contribution in [2.75, 3.05) is 9.44 Å². The van der Waals surface area contributed by atoms with E-state index in [1.54, 1.807) is 0 Å². The van der Waals surface area contributed by atoms with Gasteiger partial charge in [-0.25, -0.2) is 16.8 Å². The first-order valence-electron chi connectivity index (χ1n) is 8.46. The first-order valence-corrected chi connectivity index (χ1v) is 11.8. The molecule has 0 radical (unpaired) electrons. The normalized spacial score (nSPS) is 12.4. The second-order valence-electron chi connectivity index (χ2n) is 6.24. The van der Waals surface area contributed by atoms with Crippen molar-refractivity contribution in [2.45, 2.75) is 16.0 Å². The number of nitrogens with one attached hydrogen (secondary N) is 2. The number of alkyl halides is 3. The van der Waals surface area contributed by atoms with Crippen LogP contribution in [0.3, 0.4) is 0 Å². The summed E-state index contributed by atoms with van der Waals surface area (Å²) in [5, 5.41) is 0.401. The molecule has 31 heavy (non-hydrogen) atoms. The van der Waals surface area contributed by atoms with Gasteiger partial charge in [0.15, 0.2) is 0 Å². The SMILES string of the molecule is O=S(=O)(Nc1ccc(Cl)cc1)c1cccc(NS(=O)(=O)c2ccccc2C(F)(F)F)c1. The van der Waals surface area contributed by atoms with E-state index in [0.29, 0.717) is 11.1 Å². The van der Waals surface area contributed by atoms with Gasteiger partial charge in [-0.15, -0.1) is 0 Å². The van der Waals surface area contributed by atoms with Crippen molar-refractivity contribution in [3.05, 3.63) is 83.4 Å². The molecule has 3 rings (SSSR count). The second kappa shape index (κ2) is 8.40. The maximum absolute atomic E-state index is 13.2. The summed E-state index contributed by atoms with van der Waals surface area (Å²) in [4.78, 5) is -1.28. The molecule has 164 valence electrons. The molecule has 0 heterocycles. The fourth-order valence-corrected chi connectivity index (χ4v) is 5.11. The molecular weight excluding hydrogens is 477 g/mol. The Hall–Kier alpha value is -2.76. The van der Waals surface area contributed by atoms with Crippen LogP contribution in [0.2, 0.25) is 5.02 Å². The molecule has 0 saturated carbocycles. The third-order valence-electron chi connectivity index (χ3n) is 3.97. The van der Waals surface area contributed by atoms with Crippen molar-refractivity contribution >= 4 is 43.0 Å². The monoisotopic (exact) mass is 490 g/mol. The summed E-state index contributed by atoms with van der Waals surface area (Å²) in [5.41, 5.74) is -1.35. The lowest BCUT2D eigenvalue weighted by atomic mass is 10.2. The molecule has 0 amide bonds. The smallest absolute Gasteiger partial charge is 0.280 e. The molecule has 0 aromatic heterocycles. The van der Waals surface area contributed by atoms with E-state index < -0.39 is 36.7 Å². The summed E-state index contributed by atoms with van der Waals surface area (Å²) in [6.07, 6.45) is -4.89. The molecule has 0 aliphatic heterocycles. The minimum absolute atomic E-state index is 0.217. The molecular formula is C19H14ClF3N2O4S2. The maximum atomic E-state index is 13.2. The molecule has 0 spiro atoms. The van der Waals surface area contributed by atoms with Gasteiger partial charge in [-0.3, -0.25) is 9.44 Å². The topological polar surface area (TPSA) is 92.3 Å². The van der Waals surface area contributed by atoms with Crippen molar-refractivity contribution in [2.24, 2.45) is 0 Å². The highest BCUT2D eigenvalue weighted by Gasteiger charge is 2.37. The summed E-state index contributed by atoms with van der Waals surface area (Å²) < 4.78 is 94.1. The van der Waals surface area contributed by atoms with E-state index in [9.17, 15) is 30.0 Å². The molecule has 0 aliphatic carbocycles. The summed E-state index contributed by atoms with van der Waals surface area (Å²) in [7, 11) is -8.76. The highest BCUT2D eigenvalue weighted by molar-refractivity contribution is 7.93. The third kappa shape index (κ3) is 5.49. The predicted molar refractivity (Wildman–Crippen MR) is 111 cm³/mol. The first-order chi connectivity index (χ1) is 14.4. The average molecular weight is 491 g/mol. The molecule has 12 heteroatoms. The Bertz CT molecular complexity index is 1310. The Morgan fingerprint density at radius 3 is 1.97 bits per heavy atom. The summed E-state index contributed by atoms with van der Waals surface area (Å²) in [5.74, 6) is 0. The van der Waals surface area contributed by atoms with Crippen LogP contribution in [0.1, 0.15) is 5.56 Å². The van der Waals surface area contributed by atoms with Crippen LogP contribution in [0.4, 0.5) is 24.5 Å². The predicted octanol–water partition coefficient (Wildman–Crippen LogP) is 4.96. The fraction of sp³-hybridized carbons (Fsp3) is 0.0526. The number of hydrogen-bond acceptors (Lipinski definition) is 4. The van der Waals surface area contributed by atoms with Gasteiger partial charge in [0.1, 0.15) is 0 Å². The minimum Gasteiger partial charge on any atom is -0.280 e. The van der Waals surface area contributed by atoms with E-state index in [0.717, 1.165) is 24.3 Å². The van der Waals surface area contributed by atoms with Crippen molar-refractivity contribution in [3.63, 3.8) is 0 Å². The van der Waals surface area contributed by atoms with Gasteiger partial charge in [-0.1, -0.05) is 29.8 Å². The standard InChI is InChI=1S/C19H14ClF3N2O4S2/c20-13-8-10-14(11-9-13)24-30(26,27)16-5-3-4-15(12-16)25-31(28,29)18-7-2-1-6-17(18)19(21,22)23/h1-12,24-25H. The van der Waals surface area contributed by atoms with Crippen molar-refractivity contribution in [3.8, 4) is 0 Å². The van der Waals surface area contributed by atoms with Crippen molar-refractivity contribution in [1.82, 2.24) is 0 Å². The number of anilines is 2. The van der Waals surface area contributed by atoms with Crippen LogP contribution in [0.25, 0.3) is 0 Å². The van der Waals surface area contributed by atoms with Gasteiger partial charge in [0, 0.05) is 10.7 Å². The van der Waals surface area contributed by atoms with E-state index in [1.165, 1.54) is 42.5 Å². The summed E-state index contributed by atoms with van der Waals surface area (Å²) >= 11 is 5.76. The average Bonchev–Trinajstić information content (AvgIpc) is 2.69. The molecule has 0 atom stereocenters. The Kier molecular flexibility index (Phi) is 6.21. The van der Waals surface area contributed by atoms with Crippen molar-refractivity contribution in [1.29, 1.82) is 0 Å². The van der Waals surface area contributed by atoms with E-state index in [4.69, 9.17) is 11.6 Å². The number of sulfonamides is 2. The molecule has 0 saturated heterocycles. The number of benzene rings is 3. The van der Waals surface area contributed by atoms with E-state index in [2.05, 4.69) is 4.72 Å². The molecule has 0 fully saturated rings. The Labute approximate surface area is 181 Å². The lowest BCUT2D eigenvalue weighted by Gasteiger charge is -2.15. The largest absolute Gasteiger partial charge is 0.417 e. The first kappa shape index (κ1) is 22.9. The zero-order valence-electron chi connectivity index (χ0n) is 15.4. The second-order valence-corrected chi connectivity index (χ2v) is 10.0. The van der Waals surface area contributed by atoms with E-state index >= 15 is 0 Å². The van der Waals surface area contributed by atoms with Crippen LogP contribution in [0, 0.1) is 0 Å². The van der Waals surface area contributed by atoms with Crippen LogP contribution in [0.5, 0.6) is 0 Å². The van der Waals surface area contributed by atoms with Crippen LogP contribution in [-0.4, -0.2) is 16.8 Å². The Balaban J connectivity index is 1.91. The van der Waals surface area contributed by atoms with Gasteiger partial charge in [-0.2, -0.15) is 13.2 Å². The van der Waals surface area contributed by atoms with Gasteiger partial charge in [-0.05, 0) is 54.6 Å². The van der Waals surface area contributed by atoms with Crippen molar-refractivity contribution < 1.29 is 30.0 Å². The third-order valence-corrected chi connectivity index (χ3v) is 7.05. The summed E-state index contributed by atoms with van der Waals surface area (Å²) in [6, 6.07) is 14.2. The quantitative estimate of drug-likeness (QED) is 0.511. The number of rotatable bonds is 6. The molecule has 6 nitrogen and oxygen atoms in total. The molecule has 2 N–H and O–H groups in total. The molecule has 0 bridgehead atoms. The van der Waals surface area contributed by atoms with Gasteiger partial charge in [0.05, 0.1) is 21.0 Å². The highest BCUT2D eigenvalue weighted by atomic mass is 35.5. The summed E-state index contributed by atoms with van der Waals surface area (Å²) in [6.45, 7) is 0.